The SMILES string of the molecule is C#Cc1cccc(N(CC(=O)NC)C(=O)C2CC(=O)N(Cc3ccccn3)C2)c1. The number of hydrogen-bond acceptors (Lipinski definition) is 4. The molecule has 1 unspecified atom stereocenters. The minimum atomic E-state index is -0.537. The molecule has 1 aromatic carbocycles. The number of hydrogen-bond donors (Lipinski definition) is 1. The first-order valence-electron chi connectivity index (χ1n) is 9.28. The van der Waals surface area contributed by atoms with Gasteiger partial charge in [-0.3, -0.25) is 19.4 Å². The summed E-state index contributed by atoms with van der Waals surface area (Å²) in [6.45, 7) is 0.493. The highest BCUT2D eigenvalue weighted by Crippen LogP contribution is 2.25. The van der Waals surface area contributed by atoms with Gasteiger partial charge in [0, 0.05) is 37.5 Å². The van der Waals surface area contributed by atoms with Crippen molar-refractivity contribution in [2.45, 2.75) is 13.0 Å². The van der Waals surface area contributed by atoms with Gasteiger partial charge < -0.3 is 15.1 Å². The smallest absolute Gasteiger partial charge is 0.239 e. The van der Waals surface area contributed by atoms with E-state index in [1.54, 1.807) is 35.4 Å². The van der Waals surface area contributed by atoms with Crippen LogP contribution in [0.25, 0.3) is 0 Å². The number of terminal acetylenes is 1. The number of rotatable bonds is 6. The third kappa shape index (κ3) is 4.79. The zero-order chi connectivity index (χ0) is 20.8. The van der Waals surface area contributed by atoms with Crippen LogP contribution in [-0.4, -0.2) is 47.7 Å². The third-order valence-corrected chi connectivity index (χ3v) is 4.81. The standard InChI is InChI=1S/C22H22N4O3/c1-3-16-7-6-9-19(11-16)26(15-20(27)23-2)22(29)17-12-21(28)25(13-17)14-18-8-4-5-10-24-18/h1,4-11,17H,12-15H2,2H3,(H,23,27). The first kappa shape index (κ1) is 20.1. The van der Waals surface area contributed by atoms with E-state index in [1.165, 1.54) is 11.9 Å². The zero-order valence-electron chi connectivity index (χ0n) is 16.2. The highest BCUT2D eigenvalue weighted by atomic mass is 16.2. The lowest BCUT2D eigenvalue weighted by molar-refractivity contribution is -0.129. The minimum Gasteiger partial charge on any atom is -0.358 e. The number of nitrogens with one attached hydrogen (secondary N) is 1. The number of carbonyl (C=O) groups excluding carboxylic acids is 3. The first-order chi connectivity index (χ1) is 14.0. The molecule has 148 valence electrons. The van der Waals surface area contributed by atoms with Crippen molar-refractivity contribution >= 4 is 23.4 Å². The van der Waals surface area contributed by atoms with Gasteiger partial charge in [0.15, 0.2) is 0 Å². The summed E-state index contributed by atoms with van der Waals surface area (Å²) in [5.41, 5.74) is 1.90. The van der Waals surface area contributed by atoms with Crippen molar-refractivity contribution in [3.8, 4) is 12.3 Å². The first-order valence-corrected chi connectivity index (χ1v) is 9.28. The van der Waals surface area contributed by atoms with Crippen LogP contribution in [0.15, 0.2) is 48.7 Å². The fourth-order valence-corrected chi connectivity index (χ4v) is 3.28. The lowest BCUT2D eigenvalue weighted by Crippen LogP contribution is -2.43. The summed E-state index contributed by atoms with van der Waals surface area (Å²) >= 11 is 0. The molecule has 1 fully saturated rings. The second kappa shape index (κ2) is 9.02. The molecule has 0 bridgehead atoms. The van der Waals surface area contributed by atoms with Crippen molar-refractivity contribution in [2.24, 2.45) is 5.92 Å². The molecule has 29 heavy (non-hydrogen) atoms. The maximum Gasteiger partial charge on any atom is 0.239 e. The van der Waals surface area contributed by atoms with Crippen LogP contribution in [0, 0.1) is 18.3 Å². The largest absolute Gasteiger partial charge is 0.358 e. The molecule has 0 saturated carbocycles. The molecular weight excluding hydrogens is 368 g/mol. The Morgan fingerprint density at radius 3 is 2.83 bits per heavy atom. The van der Waals surface area contributed by atoms with E-state index >= 15 is 0 Å². The number of pyridine rings is 1. The summed E-state index contributed by atoms with van der Waals surface area (Å²) in [4.78, 5) is 45.0. The summed E-state index contributed by atoms with van der Waals surface area (Å²) < 4.78 is 0. The van der Waals surface area contributed by atoms with Crippen molar-refractivity contribution in [1.82, 2.24) is 15.2 Å². The van der Waals surface area contributed by atoms with Gasteiger partial charge >= 0.3 is 0 Å². The van der Waals surface area contributed by atoms with Crippen LogP contribution in [0.3, 0.4) is 0 Å². The van der Waals surface area contributed by atoms with Gasteiger partial charge in [-0.1, -0.05) is 18.1 Å². The van der Waals surface area contributed by atoms with Crippen LogP contribution in [0.4, 0.5) is 5.69 Å². The number of benzene rings is 1. The molecular formula is C22H22N4O3. The maximum absolute atomic E-state index is 13.2. The van der Waals surface area contributed by atoms with Crippen LogP contribution in [0.2, 0.25) is 0 Å². The van der Waals surface area contributed by atoms with E-state index < -0.39 is 5.92 Å². The van der Waals surface area contributed by atoms with Gasteiger partial charge in [0.25, 0.3) is 0 Å². The highest BCUT2D eigenvalue weighted by molar-refractivity contribution is 6.02. The van der Waals surface area contributed by atoms with Crippen LogP contribution in [0.1, 0.15) is 17.7 Å². The number of carbonyl (C=O) groups is 3. The molecule has 1 aliphatic heterocycles. The van der Waals surface area contributed by atoms with Crippen LogP contribution in [0.5, 0.6) is 0 Å². The Bertz CT molecular complexity index is 952. The average molecular weight is 390 g/mol. The highest BCUT2D eigenvalue weighted by Gasteiger charge is 2.37. The normalized spacial score (nSPS) is 15.7. The molecule has 2 heterocycles. The fraction of sp³-hybridized carbons (Fsp3) is 0.273. The van der Waals surface area contributed by atoms with Crippen molar-refractivity contribution in [3.63, 3.8) is 0 Å². The zero-order valence-corrected chi connectivity index (χ0v) is 16.2. The van der Waals surface area contributed by atoms with Crippen molar-refractivity contribution < 1.29 is 14.4 Å². The summed E-state index contributed by atoms with van der Waals surface area (Å²) in [5, 5.41) is 2.53. The molecule has 1 N–H and O–H groups in total. The van der Waals surface area contributed by atoms with Crippen molar-refractivity contribution in [1.29, 1.82) is 0 Å². The van der Waals surface area contributed by atoms with Crippen molar-refractivity contribution in [2.75, 3.05) is 25.0 Å². The third-order valence-electron chi connectivity index (χ3n) is 4.81. The van der Waals surface area contributed by atoms with Gasteiger partial charge in [-0.05, 0) is 30.3 Å². The Balaban J connectivity index is 1.79. The van der Waals surface area contributed by atoms with Gasteiger partial charge in [0.1, 0.15) is 6.54 Å². The molecule has 7 heteroatoms. The summed E-state index contributed by atoms with van der Waals surface area (Å²) in [6, 6.07) is 12.4. The van der Waals surface area contributed by atoms with E-state index in [4.69, 9.17) is 6.42 Å². The number of anilines is 1. The van der Waals surface area contributed by atoms with E-state index in [0.29, 0.717) is 17.8 Å². The monoisotopic (exact) mass is 390 g/mol. The molecule has 0 spiro atoms. The van der Waals surface area contributed by atoms with E-state index in [9.17, 15) is 14.4 Å². The van der Waals surface area contributed by atoms with Crippen LogP contribution in [-0.2, 0) is 20.9 Å². The minimum absolute atomic E-state index is 0.102. The van der Waals surface area contributed by atoms with E-state index in [-0.39, 0.29) is 37.2 Å². The van der Waals surface area contributed by atoms with Crippen molar-refractivity contribution in [3.05, 3.63) is 59.9 Å². The molecule has 3 amide bonds. The Kier molecular flexibility index (Phi) is 6.25. The summed E-state index contributed by atoms with van der Waals surface area (Å²) in [7, 11) is 1.51. The fourth-order valence-electron chi connectivity index (χ4n) is 3.28. The number of likely N-dealkylation sites (N-methyl/N-ethyl adjacent to an activating group) is 1. The summed E-state index contributed by atoms with van der Waals surface area (Å²) in [5.74, 6) is 1.31. The van der Waals surface area contributed by atoms with E-state index in [2.05, 4.69) is 16.2 Å². The predicted octanol–water partition coefficient (Wildman–Crippen LogP) is 1.19. The molecule has 3 rings (SSSR count). The molecule has 0 radical (unpaired) electrons. The Labute approximate surface area is 169 Å². The second-order valence-electron chi connectivity index (χ2n) is 6.79. The molecule has 7 nitrogen and oxygen atoms in total. The van der Waals surface area contributed by atoms with Crippen LogP contribution < -0.4 is 10.2 Å². The topological polar surface area (TPSA) is 82.6 Å². The molecule has 1 aromatic heterocycles. The van der Waals surface area contributed by atoms with E-state index in [1.807, 2.05) is 18.2 Å². The average Bonchev–Trinajstić information content (AvgIpc) is 3.12. The Hall–Kier alpha value is -3.66. The number of aromatic nitrogens is 1. The van der Waals surface area contributed by atoms with Crippen LogP contribution >= 0.6 is 0 Å². The Morgan fingerprint density at radius 2 is 2.14 bits per heavy atom. The number of likely N-dealkylation sites (tertiary alicyclic amines) is 1. The molecule has 1 aliphatic rings. The number of nitrogens with zero attached hydrogens (tertiary/aromatic N) is 3. The van der Waals surface area contributed by atoms with Gasteiger partial charge in [0.05, 0.1) is 18.2 Å². The summed E-state index contributed by atoms with van der Waals surface area (Å²) in [6.07, 6.45) is 7.23. The number of amides is 3. The lowest BCUT2D eigenvalue weighted by atomic mass is 10.1. The predicted molar refractivity (Wildman–Crippen MR) is 109 cm³/mol. The lowest BCUT2D eigenvalue weighted by Gasteiger charge is -2.25. The quantitative estimate of drug-likeness (QED) is 0.751. The second-order valence-corrected chi connectivity index (χ2v) is 6.79. The molecule has 0 aliphatic carbocycles. The Morgan fingerprint density at radius 1 is 1.31 bits per heavy atom. The maximum atomic E-state index is 13.2. The van der Waals surface area contributed by atoms with Gasteiger partial charge in [0.2, 0.25) is 17.7 Å². The van der Waals surface area contributed by atoms with E-state index in [0.717, 1.165) is 5.69 Å². The molecule has 1 saturated heterocycles. The molecule has 2 aromatic rings. The van der Waals surface area contributed by atoms with Gasteiger partial charge in [-0.15, -0.1) is 6.42 Å². The van der Waals surface area contributed by atoms with Gasteiger partial charge in [-0.25, -0.2) is 0 Å². The molecule has 1 atom stereocenters. The van der Waals surface area contributed by atoms with Gasteiger partial charge in [-0.2, -0.15) is 0 Å².